The van der Waals surface area contributed by atoms with E-state index in [9.17, 15) is 14.4 Å². The van der Waals surface area contributed by atoms with Crippen LogP contribution in [0, 0.1) is 5.92 Å². The maximum atomic E-state index is 12.8. The molecule has 0 saturated carbocycles. The molecule has 1 aliphatic rings. The fourth-order valence-corrected chi connectivity index (χ4v) is 3.10. The summed E-state index contributed by atoms with van der Waals surface area (Å²) in [6, 6.07) is 8.81. The first-order valence-corrected chi connectivity index (χ1v) is 7.69. The zero-order valence-corrected chi connectivity index (χ0v) is 12.9. The molecule has 1 saturated heterocycles. The molecular weight excluding hydrogens is 294 g/mol. The molecule has 6 nitrogen and oxygen atoms in total. The normalized spacial score (nSPS) is 21.3. The molecule has 6 heteroatoms. The fourth-order valence-electron chi connectivity index (χ4n) is 3.10. The molecule has 1 aliphatic heterocycles. The Kier molecular flexibility index (Phi) is 3.90. The van der Waals surface area contributed by atoms with Crippen molar-refractivity contribution in [1.82, 2.24) is 9.88 Å². The molecule has 0 radical (unpaired) electrons. The summed E-state index contributed by atoms with van der Waals surface area (Å²) in [7, 11) is 0. The minimum atomic E-state index is -0.387. The zero-order valence-electron chi connectivity index (χ0n) is 12.9. The van der Waals surface area contributed by atoms with Gasteiger partial charge in [0, 0.05) is 18.0 Å². The van der Waals surface area contributed by atoms with E-state index in [0.29, 0.717) is 18.4 Å². The Morgan fingerprint density at radius 3 is 2.74 bits per heavy atom. The van der Waals surface area contributed by atoms with Crippen LogP contribution in [-0.2, 0) is 4.79 Å². The van der Waals surface area contributed by atoms with Crippen LogP contribution in [0.15, 0.2) is 35.1 Å². The number of hydrogen-bond donors (Lipinski definition) is 2. The molecule has 3 N–H and O–H groups in total. The predicted molar refractivity (Wildman–Crippen MR) is 87.0 cm³/mol. The fraction of sp³-hybridized carbons (Fsp3) is 0.353. The van der Waals surface area contributed by atoms with Crippen LogP contribution >= 0.6 is 0 Å². The SMILES string of the molecule is CC1CCC(C(N)=O)CN1C(=O)c1cc2ccccc2c(=O)[nH]1. The molecule has 2 unspecified atom stereocenters. The van der Waals surface area contributed by atoms with Gasteiger partial charge in [0.05, 0.1) is 5.92 Å². The quantitative estimate of drug-likeness (QED) is 0.873. The predicted octanol–water partition coefficient (Wildman–Crippen LogP) is 1.25. The van der Waals surface area contributed by atoms with Crippen molar-refractivity contribution >= 4 is 22.6 Å². The van der Waals surface area contributed by atoms with E-state index >= 15 is 0 Å². The topological polar surface area (TPSA) is 96.3 Å². The molecule has 0 aliphatic carbocycles. The van der Waals surface area contributed by atoms with Gasteiger partial charge < -0.3 is 15.6 Å². The van der Waals surface area contributed by atoms with Crippen LogP contribution < -0.4 is 11.3 Å². The Balaban J connectivity index is 1.96. The summed E-state index contributed by atoms with van der Waals surface area (Å²) >= 11 is 0. The van der Waals surface area contributed by atoms with Crippen molar-refractivity contribution < 1.29 is 9.59 Å². The number of hydrogen-bond acceptors (Lipinski definition) is 3. The molecule has 0 bridgehead atoms. The van der Waals surface area contributed by atoms with Crippen LogP contribution in [0.5, 0.6) is 0 Å². The van der Waals surface area contributed by atoms with Crippen molar-refractivity contribution in [1.29, 1.82) is 0 Å². The van der Waals surface area contributed by atoms with Gasteiger partial charge in [-0.25, -0.2) is 0 Å². The van der Waals surface area contributed by atoms with Gasteiger partial charge in [-0.2, -0.15) is 0 Å². The van der Waals surface area contributed by atoms with Crippen molar-refractivity contribution in [3.63, 3.8) is 0 Å². The molecule has 1 fully saturated rings. The first-order valence-electron chi connectivity index (χ1n) is 7.69. The second-order valence-electron chi connectivity index (χ2n) is 6.08. The zero-order chi connectivity index (χ0) is 16.6. The molecule has 23 heavy (non-hydrogen) atoms. The molecule has 2 heterocycles. The smallest absolute Gasteiger partial charge is 0.270 e. The number of H-pyrrole nitrogens is 1. The number of nitrogens with one attached hydrogen (secondary N) is 1. The molecule has 120 valence electrons. The number of rotatable bonds is 2. The summed E-state index contributed by atoms with van der Waals surface area (Å²) in [6.07, 6.45) is 1.41. The molecule has 3 rings (SSSR count). The first kappa shape index (κ1) is 15.3. The molecule has 2 aromatic rings. The summed E-state index contributed by atoms with van der Waals surface area (Å²) in [5, 5.41) is 1.27. The summed E-state index contributed by atoms with van der Waals surface area (Å²) in [5.74, 6) is -0.990. The Hall–Kier alpha value is -2.63. The van der Waals surface area contributed by atoms with Gasteiger partial charge in [0.15, 0.2) is 0 Å². The van der Waals surface area contributed by atoms with Gasteiger partial charge in [-0.05, 0) is 37.3 Å². The third-order valence-corrected chi connectivity index (χ3v) is 4.53. The molecule has 2 atom stereocenters. The molecule has 1 aromatic carbocycles. The minimum Gasteiger partial charge on any atom is -0.369 e. The van der Waals surface area contributed by atoms with Crippen molar-refractivity contribution in [2.75, 3.05) is 6.54 Å². The molecule has 2 amide bonds. The highest BCUT2D eigenvalue weighted by molar-refractivity contribution is 5.96. The Labute approximate surface area is 133 Å². The van der Waals surface area contributed by atoms with Gasteiger partial charge in [-0.1, -0.05) is 18.2 Å². The van der Waals surface area contributed by atoms with E-state index in [1.165, 1.54) is 0 Å². The second kappa shape index (κ2) is 5.87. The second-order valence-corrected chi connectivity index (χ2v) is 6.08. The number of amides is 2. The van der Waals surface area contributed by atoms with E-state index in [-0.39, 0.29) is 35.0 Å². The van der Waals surface area contributed by atoms with Gasteiger partial charge in [0.1, 0.15) is 5.69 Å². The number of aromatic nitrogens is 1. The molecule has 0 spiro atoms. The lowest BCUT2D eigenvalue weighted by molar-refractivity contribution is -0.123. The van der Waals surface area contributed by atoms with Crippen LogP contribution in [0.4, 0.5) is 0 Å². The molecular formula is C17H19N3O3. The highest BCUT2D eigenvalue weighted by Gasteiger charge is 2.32. The van der Waals surface area contributed by atoms with E-state index in [0.717, 1.165) is 11.8 Å². The minimum absolute atomic E-state index is 0.00747. The van der Waals surface area contributed by atoms with Crippen molar-refractivity contribution in [3.8, 4) is 0 Å². The van der Waals surface area contributed by atoms with E-state index in [1.54, 1.807) is 29.2 Å². The lowest BCUT2D eigenvalue weighted by Gasteiger charge is -2.36. The molecule has 1 aromatic heterocycles. The number of fused-ring (bicyclic) bond motifs is 1. The van der Waals surface area contributed by atoms with Crippen LogP contribution in [0.1, 0.15) is 30.3 Å². The average Bonchev–Trinajstić information content (AvgIpc) is 2.54. The van der Waals surface area contributed by atoms with E-state index < -0.39 is 0 Å². The Bertz CT molecular complexity index is 827. The number of primary amides is 1. The van der Waals surface area contributed by atoms with Crippen molar-refractivity contribution in [2.24, 2.45) is 11.7 Å². The summed E-state index contributed by atoms with van der Waals surface area (Å²) in [4.78, 5) is 40.6. The highest BCUT2D eigenvalue weighted by atomic mass is 16.2. The number of benzene rings is 1. The van der Waals surface area contributed by atoms with Gasteiger partial charge in [-0.3, -0.25) is 14.4 Å². The maximum Gasteiger partial charge on any atom is 0.270 e. The van der Waals surface area contributed by atoms with E-state index in [4.69, 9.17) is 5.73 Å². The van der Waals surface area contributed by atoms with E-state index in [2.05, 4.69) is 4.98 Å². The number of pyridine rings is 1. The standard InChI is InChI=1S/C17H19N3O3/c1-10-6-7-12(15(18)21)9-20(10)17(23)14-8-11-4-2-3-5-13(11)16(22)19-14/h2-5,8,10,12H,6-7,9H2,1H3,(H2,18,21)(H,19,22). The van der Waals surface area contributed by atoms with Gasteiger partial charge in [-0.15, -0.1) is 0 Å². The largest absolute Gasteiger partial charge is 0.369 e. The van der Waals surface area contributed by atoms with Gasteiger partial charge in [0.25, 0.3) is 11.5 Å². The number of nitrogens with zero attached hydrogens (tertiary/aromatic N) is 1. The third kappa shape index (κ3) is 2.84. The Morgan fingerprint density at radius 1 is 1.26 bits per heavy atom. The summed E-state index contributed by atoms with van der Waals surface area (Å²) in [5.41, 5.74) is 5.33. The number of aromatic amines is 1. The number of nitrogens with two attached hydrogens (primary N) is 1. The lowest BCUT2D eigenvalue weighted by Crippen LogP contribution is -2.49. The van der Waals surface area contributed by atoms with E-state index in [1.807, 2.05) is 13.0 Å². The average molecular weight is 313 g/mol. The highest BCUT2D eigenvalue weighted by Crippen LogP contribution is 2.23. The first-order chi connectivity index (χ1) is 11.0. The Morgan fingerprint density at radius 2 is 2.00 bits per heavy atom. The van der Waals surface area contributed by atoms with Crippen LogP contribution in [0.25, 0.3) is 10.8 Å². The lowest BCUT2D eigenvalue weighted by atomic mass is 9.92. The number of carbonyl (C=O) groups excluding carboxylic acids is 2. The maximum absolute atomic E-state index is 12.8. The summed E-state index contributed by atoms with van der Waals surface area (Å²) in [6.45, 7) is 2.23. The number of carbonyl (C=O) groups is 2. The van der Waals surface area contributed by atoms with Gasteiger partial charge in [0.2, 0.25) is 5.91 Å². The summed E-state index contributed by atoms with van der Waals surface area (Å²) < 4.78 is 0. The van der Waals surface area contributed by atoms with Crippen LogP contribution in [0.2, 0.25) is 0 Å². The number of likely N-dealkylation sites (tertiary alicyclic amines) is 1. The number of piperidine rings is 1. The van der Waals surface area contributed by atoms with Crippen molar-refractivity contribution in [2.45, 2.75) is 25.8 Å². The van der Waals surface area contributed by atoms with Crippen LogP contribution in [0.3, 0.4) is 0 Å². The third-order valence-electron chi connectivity index (χ3n) is 4.53. The monoisotopic (exact) mass is 313 g/mol. The van der Waals surface area contributed by atoms with Crippen LogP contribution in [-0.4, -0.2) is 34.3 Å². The van der Waals surface area contributed by atoms with Gasteiger partial charge >= 0.3 is 0 Å². The van der Waals surface area contributed by atoms with Crippen molar-refractivity contribution in [3.05, 3.63) is 46.4 Å².